The number of nitriles is 1. The fraction of sp³-hybridized carbons (Fsp3) is 0.278. The maximum Gasteiger partial charge on any atom is 0.255 e. The Labute approximate surface area is 152 Å². The Morgan fingerprint density at radius 1 is 1.27 bits per heavy atom. The van der Waals surface area contributed by atoms with E-state index in [-0.39, 0.29) is 23.5 Å². The third kappa shape index (κ3) is 4.00. The second-order valence-corrected chi connectivity index (χ2v) is 8.45. The molecular weight excluding hydrogens is 352 g/mol. The van der Waals surface area contributed by atoms with E-state index < -0.39 is 9.84 Å². The van der Waals surface area contributed by atoms with Crippen LogP contribution in [0, 0.1) is 11.3 Å². The van der Waals surface area contributed by atoms with Gasteiger partial charge in [0.25, 0.3) is 5.91 Å². The summed E-state index contributed by atoms with van der Waals surface area (Å²) in [5.41, 5.74) is 1.76. The number of pyridine rings is 1. The van der Waals surface area contributed by atoms with Crippen LogP contribution < -0.4 is 5.32 Å². The molecule has 26 heavy (non-hydrogen) atoms. The highest BCUT2D eigenvalue weighted by molar-refractivity contribution is 7.91. The van der Waals surface area contributed by atoms with Crippen molar-refractivity contribution in [2.24, 2.45) is 0 Å². The minimum atomic E-state index is -3.04. The lowest BCUT2D eigenvalue weighted by molar-refractivity contribution is 0.0747. The quantitative estimate of drug-likeness (QED) is 0.882. The van der Waals surface area contributed by atoms with E-state index in [1.165, 1.54) is 11.1 Å². The summed E-state index contributed by atoms with van der Waals surface area (Å²) in [5.74, 6) is 0.462. The van der Waals surface area contributed by atoms with Gasteiger partial charge in [-0.25, -0.2) is 13.4 Å². The zero-order chi connectivity index (χ0) is 18.7. The normalized spacial score (nSPS) is 18.1. The van der Waals surface area contributed by atoms with Crippen molar-refractivity contribution in [1.82, 2.24) is 9.88 Å². The van der Waals surface area contributed by atoms with Crippen LogP contribution in [0.4, 0.5) is 11.5 Å². The monoisotopic (exact) mass is 370 g/mol. The summed E-state index contributed by atoms with van der Waals surface area (Å²) >= 11 is 0. The zero-order valence-corrected chi connectivity index (χ0v) is 15.0. The number of sulfone groups is 1. The summed E-state index contributed by atoms with van der Waals surface area (Å²) in [6, 6.07) is 12.0. The first-order chi connectivity index (χ1) is 12.4. The molecule has 1 N–H and O–H groups in total. The topological polar surface area (TPSA) is 103 Å². The minimum absolute atomic E-state index is 0.0149. The highest BCUT2D eigenvalue weighted by atomic mass is 32.2. The standard InChI is InChI=1S/C18H18N4O3S/c1-22(16-8-9-26(24,25)12-16)18(23)14-4-7-17(20-11-14)21-15-5-2-13(10-19)3-6-15/h2-7,11,16H,8-9,12H2,1H3,(H,20,21). The molecular formula is C18H18N4O3S. The van der Waals surface area contributed by atoms with E-state index in [4.69, 9.17) is 5.26 Å². The van der Waals surface area contributed by atoms with Crippen LogP contribution in [0.2, 0.25) is 0 Å². The summed E-state index contributed by atoms with van der Waals surface area (Å²) in [6.07, 6.45) is 1.94. The lowest BCUT2D eigenvalue weighted by Gasteiger charge is -2.23. The molecule has 1 atom stereocenters. The molecule has 1 aromatic heterocycles. The molecule has 0 saturated carbocycles. The van der Waals surface area contributed by atoms with E-state index in [0.29, 0.717) is 23.4 Å². The van der Waals surface area contributed by atoms with Crippen LogP contribution >= 0.6 is 0 Å². The first kappa shape index (κ1) is 17.9. The van der Waals surface area contributed by atoms with E-state index in [1.807, 2.05) is 0 Å². The summed E-state index contributed by atoms with van der Waals surface area (Å²) in [5, 5.41) is 11.9. The van der Waals surface area contributed by atoms with Crippen LogP contribution in [-0.2, 0) is 9.84 Å². The van der Waals surface area contributed by atoms with E-state index in [9.17, 15) is 13.2 Å². The van der Waals surface area contributed by atoms with E-state index in [2.05, 4.69) is 16.4 Å². The molecule has 2 heterocycles. The molecule has 2 aromatic rings. The van der Waals surface area contributed by atoms with Crippen LogP contribution in [0.25, 0.3) is 0 Å². The average Bonchev–Trinajstić information content (AvgIpc) is 3.01. The van der Waals surface area contributed by atoms with Crippen molar-refractivity contribution in [1.29, 1.82) is 5.26 Å². The molecule has 1 aliphatic rings. The molecule has 0 spiro atoms. The molecule has 8 heteroatoms. The predicted molar refractivity (Wildman–Crippen MR) is 97.8 cm³/mol. The van der Waals surface area contributed by atoms with Gasteiger partial charge in [-0.1, -0.05) is 0 Å². The van der Waals surface area contributed by atoms with Crippen molar-refractivity contribution >= 4 is 27.2 Å². The van der Waals surface area contributed by atoms with Gasteiger partial charge in [-0.2, -0.15) is 5.26 Å². The summed E-state index contributed by atoms with van der Waals surface area (Å²) in [6.45, 7) is 0. The van der Waals surface area contributed by atoms with Crippen molar-refractivity contribution < 1.29 is 13.2 Å². The summed E-state index contributed by atoms with van der Waals surface area (Å²) in [7, 11) is -1.42. The van der Waals surface area contributed by atoms with Gasteiger partial charge in [0.05, 0.1) is 28.7 Å². The molecule has 0 aliphatic carbocycles. The number of hydrogen-bond acceptors (Lipinski definition) is 6. The molecule has 1 saturated heterocycles. The van der Waals surface area contributed by atoms with Crippen LogP contribution in [0.3, 0.4) is 0 Å². The van der Waals surface area contributed by atoms with Crippen LogP contribution in [0.5, 0.6) is 0 Å². The van der Waals surface area contributed by atoms with E-state index in [1.54, 1.807) is 43.4 Å². The second-order valence-electron chi connectivity index (χ2n) is 6.22. The van der Waals surface area contributed by atoms with Crippen molar-refractivity contribution in [2.75, 3.05) is 23.9 Å². The molecule has 1 aliphatic heterocycles. The molecule has 3 rings (SSSR count). The Balaban J connectivity index is 1.66. The number of nitrogens with one attached hydrogen (secondary N) is 1. The number of aromatic nitrogens is 1. The molecule has 134 valence electrons. The van der Waals surface area contributed by atoms with E-state index >= 15 is 0 Å². The molecule has 1 fully saturated rings. The Morgan fingerprint density at radius 2 is 2.00 bits per heavy atom. The lowest BCUT2D eigenvalue weighted by atomic mass is 10.2. The van der Waals surface area contributed by atoms with Gasteiger partial charge in [-0.05, 0) is 42.8 Å². The third-order valence-corrected chi connectivity index (χ3v) is 6.12. The Hall–Kier alpha value is -2.92. The Kier molecular flexibility index (Phi) is 4.91. The molecule has 0 bridgehead atoms. The van der Waals surface area contributed by atoms with Gasteiger partial charge in [0.1, 0.15) is 5.82 Å². The minimum Gasteiger partial charge on any atom is -0.340 e. The second kappa shape index (κ2) is 7.14. The third-order valence-electron chi connectivity index (χ3n) is 4.37. The van der Waals surface area contributed by atoms with Gasteiger partial charge in [0.2, 0.25) is 0 Å². The Bertz CT molecular complexity index is 947. The SMILES string of the molecule is CN(C(=O)c1ccc(Nc2ccc(C#N)cc2)nc1)C1CCS(=O)(=O)C1. The number of anilines is 2. The van der Waals surface area contributed by atoms with Crippen molar-refractivity contribution in [3.63, 3.8) is 0 Å². The Morgan fingerprint density at radius 3 is 2.54 bits per heavy atom. The van der Waals surface area contributed by atoms with Gasteiger partial charge >= 0.3 is 0 Å². The maximum absolute atomic E-state index is 12.5. The smallest absolute Gasteiger partial charge is 0.255 e. The average molecular weight is 370 g/mol. The van der Waals surface area contributed by atoms with Crippen LogP contribution in [0.15, 0.2) is 42.6 Å². The molecule has 1 amide bonds. The number of nitrogens with zero attached hydrogens (tertiary/aromatic N) is 3. The van der Waals surface area contributed by atoms with Crippen molar-refractivity contribution in [3.05, 3.63) is 53.7 Å². The van der Waals surface area contributed by atoms with Crippen LogP contribution in [-0.4, -0.2) is 48.8 Å². The summed E-state index contributed by atoms with van der Waals surface area (Å²) < 4.78 is 23.2. The zero-order valence-electron chi connectivity index (χ0n) is 14.2. The number of carbonyl (C=O) groups excluding carboxylic acids is 1. The first-order valence-corrected chi connectivity index (χ1v) is 9.91. The predicted octanol–water partition coefficient (Wildman–Crippen LogP) is 1.96. The number of amides is 1. The molecule has 7 nitrogen and oxygen atoms in total. The van der Waals surface area contributed by atoms with Gasteiger partial charge in [0, 0.05) is 25.0 Å². The molecule has 1 aromatic carbocycles. The number of rotatable bonds is 4. The number of hydrogen-bond donors (Lipinski definition) is 1. The van der Waals surface area contributed by atoms with E-state index in [0.717, 1.165) is 5.69 Å². The summed E-state index contributed by atoms with van der Waals surface area (Å²) in [4.78, 5) is 18.2. The van der Waals surface area contributed by atoms with Gasteiger partial charge in [0.15, 0.2) is 9.84 Å². The largest absolute Gasteiger partial charge is 0.340 e. The van der Waals surface area contributed by atoms with Gasteiger partial charge in [-0.3, -0.25) is 4.79 Å². The molecule has 1 unspecified atom stereocenters. The maximum atomic E-state index is 12.5. The van der Waals surface area contributed by atoms with Crippen molar-refractivity contribution in [3.8, 4) is 6.07 Å². The van der Waals surface area contributed by atoms with Gasteiger partial charge in [-0.15, -0.1) is 0 Å². The van der Waals surface area contributed by atoms with Crippen molar-refractivity contribution in [2.45, 2.75) is 12.5 Å². The lowest BCUT2D eigenvalue weighted by Crippen LogP contribution is -2.37. The number of carbonyl (C=O) groups is 1. The van der Waals surface area contributed by atoms with Crippen LogP contribution in [0.1, 0.15) is 22.3 Å². The highest BCUT2D eigenvalue weighted by Gasteiger charge is 2.33. The molecule has 0 radical (unpaired) electrons. The number of benzene rings is 1. The first-order valence-electron chi connectivity index (χ1n) is 8.09. The van der Waals surface area contributed by atoms with Gasteiger partial charge < -0.3 is 10.2 Å². The fourth-order valence-electron chi connectivity index (χ4n) is 2.82. The fourth-order valence-corrected chi connectivity index (χ4v) is 4.59. The highest BCUT2D eigenvalue weighted by Crippen LogP contribution is 2.20.